The molecule has 0 radical (unpaired) electrons. The van der Waals surface area contributed by atoms with Crippen LogP contribution in [0.1, 0.15) is 21.6 Å². The van der Waals surface area contributed by atoms with Crippen LogP contribution in [0.3, 0.4) is 0 Å². The van der Waals surface area contributed by atoms with Crippen molar-refractivity contribution in [3.05, 3.63) is 59.2 Å². The minimum absolute atomic E-state index is 0.0395. The van der Waals surface area contributed by atoms with Crippen molar-refractivity contribution in [2.75, 3.05) is 0 Å². The monoisotopic (exact) mass is 343 g/mol. The summed E-state index contributed by atoms with van der Waals surface area (Å²) in [5.74, 6) is -2.02. The second-order valence-corrected chi connectivity index (χ2v) is 5.36. The minimum Gasteiger partial charge on any atom is -0.493 e. The van der Waals surface area contributed by atoms with Gasteiger partial charge < -0.3 is 5.11 Å². The number of carbonyl (C=O) groups excluding carboxylic acids is 2. The normalized spacial score (nSPS) is 10.6. The fraction of sp³-hybridized carbons (Fsp3) is 0.125. The number of nitrogens with one attached hydrogen (secondary N) is 2. The standard InChI is InChI=1S/C16H14FN5O3/c1-9-6-13-18-8-12(16(25)22(13)21-9)15(24)20-19-14(23)7-10-2-4-11(17)5-3-10/h2-6,8,25H,7H2,1H3,(H,19,23)(H,20,24). The van der Waals surface area contributed by atoms with Crippen molar-refractivity contribution < 1.29 is 19.1 Å². The summed E-state index contributed by atoms with van der Waals surface area (Å²) < 4.78 is 14.0. The molecule has 9 heteroatoms. The van der Waals surface area contributed by atoms with Gasteiger partial charge in [0.2, 0.25) is 11.8 Å². The van der Waals surface area contributed by atoms with Crippen LogP contribution in [0, 0.1) is 12.7 Å². The van der Waals surface area contributed by atoms with Gasteiger partial charge in [0.1, 0.15) is 11.4 Å². The molecule has 0 aliphatic heterocycles. The Morgan fingerprint density at radius 2 is 1.96 bits per heavy atom. The lowest BCUT2D eigenvalue weighted by molar-refractivity contribution is -0.121. The Morgan fingerprint density at radius 3 is 2.68 bits per heavy atom. The smallest absolute Gasteiger partial charge is 0.276 e. The minimum atomic E-state index is -0.743. The van der Waals surface area contributed by atoms with E-state index in [9.17, 15) is 19.1 Å². The van der Waals surface area contributed by atoms with E-state index < -0.39 is 17.6 Å². The van der Waals surface area contributed by atoms with Gasteiger partial charge >= 0.3 is 0 Å². The fourth-order valence-corrected chi connectivity index (χ4v) is 2.22. The van der Waals surface area contributed by atoms with Gasteiger partial charge in [-0.05, 0) is 24.6 Å². The summed E-state index contributed by atoms with van der Waals surface area (Å²) in [5.41, 5.74) is 5.89. The van der Waals surface area contributed by atoms with Gasteiger partial charge in [-0.25, -0.2) is 9.37 Å². The second kappa shape index (κ2) is 6.56. The van der Waals surface area contributed by atoms with Crippen molar-refractivity contribution in [1.82, 2.24) is 25.4 Å². The molecule has 3 rings (SSSR count). The van der Waals surface area contributed by atoms with Crippen molar-refractivity contribution in [3.8, 4) is 5.88 Å². The lowest BCUT2D eigenvalue weighted by Gasteiger charge is -2.09. The predicted molar refractivity (Wildman–Crippen MR) is 85.1 cm³/mol. The van der Waals surface area contributed by atoms with E-state index in [4.69, 9.17) is 0 Å². The molecule has 0 saturated heterocycles. The van der Waals surface area contributed by atoms with E-state index in [2.05, 4.69) is 20.9 Å². The molecule has 0 fully saturated rings. The fourth-order valence-electron chi connectivity index (χ4n) is 2.22. The van der Waals surface area contributed by atoms with Gasteiger partial charge in [0.05, 0.1) is 12.1 Å². The molecule has 0 spiro atoms. The van der Waals surface area contributed by atoms with E-state index in [1.54, 1.807) is 13.0 Å². The maximum absolute atomic E-state index is 12.8. The number of hydrogen-bond donors (Lipinski definition) is 3. The number of rotatable bonds is 3. The van der Waals surface area contributed by atoms with Crippen LogP contribution in [-0.4, -0.2) is 31.5 Å². The number of aromatic hydroxyl groups is 1. The summed E-state index contributed by atoms with van der Waals surface area (Å²) in [6, 6.07) is 7.07. The molecule has 0 bridgehead atoms. The predicted octanol–water partition coefficient (Wildman–Crippen LogP) is 0.886. The molecule has 0 atom stereocenters. The van der Waals surface area contributed by atoms with Crippen molar-refractivity contribution >= 4 is 17.5 Å². The zero-order chi connectivity index (χ0) is 18.0. The maximum atomic E-state index is 12.8. The molecule has 3 aromatic rings. The van der Waals surface area contributed by atoms with Gasteiger partial charge in [-0.2, -0.15) is 9.61 Å². The summed E-state index contributed by atoms with van der Waals surface area (Å²) in [5, 5.41) is 14.1. The highest BCUT2D eigenvalue weighted by Crippen LogP contribution is 2.17. The number of amides is 2. The summed E-state index contributed by atoms with van der Waals surface area (Å²) in [6.07, 6.45) is 1.15. The average Bonchev–Trinajstić information content (AvgIpc) is 2.96. The summed E-state index contributed by atoms with van der Waals surface area (Å²) in [7, 11) is 0. The van der Waals surface area contributed by atoms with Crippen LogP contribution in [-0.2, 0) is 11.2 Å². The van der Waals surface area contributed by atoms with E-state index in [-0.39, 0.29) is 17.9 Å². The number of benzene rings is 1. The first-order valence-electron chi connectivity index (χ1n) is 7.32. The average molecular weight is 343 g/mol. The molecule has 25 heavy (non-hydrogen) atoms. The van der Waals surface area contributed by atoms with Gasteiger partial charge in [-0.3, -0.25) is 20.4 Å². The Morgan fingerprint density at radius 1 is 1.24 bits per heavy atom. The summed E-state index contributed by atoms with van der Waals surface area (Å²) in [6.45, 7) is 1.73. The maximum Gasteiger partial charge on any atom is 0.276 e. The number of hydrogen-bond acceptors (Lipinski definition) is 5. The first-order chi connectivity index (χ1) is 11.9. The zero-order valence-electron chi connectivity index (χ0n) is 13.2. The molecule has 2 amide bonds. The molecule has 3 N–H and O–H groups in total. The van der Waals surface area contributed by atoms with E-state index >= 15 is 0 Å². The first kappa shape index (κ1) is 16.4. The van der Waals surface area contributed by atoms with Crippen LogP contribution in [0.2, 0.25) is 0 Å². The molecular weight excluding hydrogens is 329 g/mol. The highest BCUT2D eigenvalue weighted by Gasteiger charge is 2.17. The van der Waals surface area contributed by atoms with E-state index in [0.717, 1.165) is 4.52 Å². The van der Waals surface area contributed by atoms with E-state index in [0.29, 0.717) is 16.9 Å². The number of halogens is 1. The molecule has 0 aliphatic rings. The Bertz CT molecular complexity index is 952. The summed E-state index contributed by atoms with van der Waals surface area (Å²) in [4.78, 5) is 27.9. The van der Waals surface area contributed by atoms with Crippen LogP contribution < -0.4 is 10.9 Å². The number of hydrazine groups is 1. The Balaban J connectivity index is 1.65. The molecule has 1 aromatic carbocycles. The molecule has 0 aliphatic carbocycles. The second-order valence-electron chi connectivity index (χ2n) is 5.36. The van der Waals surface area contributed by atoms with Crippen LogP contribution in [0.25, 0.3) is 5.65 Å². The van der Waals surface area contributed by atoms with Crippen molar-refractivity contribution in [1.29, 1.82) is 0 Å². The quantitative estimate of drug-likeness (QED) is 0.612. The SMILES string of the molecule is Cc1cc2ncc(C(=O)NNC(=O)Cc3ccc(F)cc3)c(O)n2n1. The third kappa shape index (κ3) is 3.55. The van der Waals surface area contributed by atoms with Crippen LogP contribution in [0.4, 0.5) is 4.39 Å². The third-order valence-corrected chi connectivity index (χ3v) is 3.42. The van der Waals surface area contributed by atoms with Crippen molar-refractivity contribution in [2.45, 2.75) is 13.3 Å². The molecule has 2 heterocycles. The lowest BCUT2D eigenvalue weighted by Crippen LogP contribution is -2.42. The lowest BCUT2D eigenvalue weighted by atomic mass is 10.1. The number of nitrogens with zero attached hydrogens (tertiary/aromatic N) is 3. The number of fused-ring (bicyclic) bond motifs is 1. The van der Waals surface area contributed by atoms with E-state index in [1.807, 2.05) is 0 Å². The molecule has 0 saturated carbocycles. The van der Waals surface area contributed by atoms with Gasteiger partial charge in [0.15, 0.2) is 5.65 Å². The zero-order valence-corrected chi connectivity index (χ0v) is 13.2. The Kier molecular flexibility index (Phi) is 4.29. The van der Waals surface area contributed by atoms with Gasteiger partial charge in [0.25, 0.3) is 5.91 Å². The van der Waals surface area contributed by atoms with Crippen molar-refractivity contribution in [2.24, 2.45) is 0 Å². The number of carbonyl (C=O) groups is 2. The van der Waals surface area contributed by atoms with Gasteiger partial charge in [0, 0.05) is 12.3 Å². The van der Waals surface area contributed by atoms with Crippen LogP contribution in [0.15, 0.2) is 36.5 Å². The van der Waals surface area contributed by atoms with E-state index in [1.165, 1.54) is 30.5 Å². The molecular formula is C16H14FN5O3. The number of aryl methyl sites for hydroxylation is 1. The highest BCUT2D eigenvalue weighted by atomic mass is 19.1. The van der Waals surface area contributed by atoms with Crippen LogP contribution in [0.5, 0.6) is 5.88 Å². The topological polar surface area (TPSA) is 109 Å². The summed E-state index contributed by atoms with van der Waals surface area (Å²) >= 11 is 0. The first-order valence-corrected chi connectivity index (χ1v) is 7.32. The Hall–Kier alpha value is -3.49. The molecule has 0 unspecified atom stereocenters. The van der Waals surface area contributed by atoms with Crippen LogP contribution >= 0.6 is 0 Å². The third-order valence-electron chi connectivity index (χ3n) is 3.42. The van der Waals surface area contributed by atoms with Gasteiger partial charge in [-0.15, -0.1) is 0 Å². The number of aromatic nitrogens is 3. The van der Waals surface area contributed by atoms with Gasteiger partial charge in [-0.1, -0.05) is 12.1 Å². The molecule has 2 aromatic heterocycles. The largest absolute Gasteiger partial charge is 0.493 e. The molecule has 8 nitrogen and oxygen atoms in total. The van der Waals surface area contributed by atoms with Crippen molar-refractivity contribution in [3.63, 3.8) is 0 Å². The molecule has 128 valence electrons. The highest BCUT2D eigenvalue weighted by molar-refractivity contribution is 5.97. The Labute approximate surface area is 141 Å².